The molecule has 202 valence electrons. The molecule has 4 aliphatic carbocycles. The maximum atomic E-state index is 12.7. The standard InChI is InChI=1S/C29H40N2O6/c1-5-29(35)13-10-23-21-7-6-18-14-19(8-11-27(18,2)22(21)9-12-28(23,29)3)30-37-17-25(33)31-16-20(32)15-24(31)26(34)36-4/h1,14,20-24,32,35H,6-13,15-17H2,2-4H3. The first-order chi connectivity index (χ1) is 17.6. The number of likely N-dealkylation sites (tertiary alicyclic amines) is 1. The molecule has 0 radical (unpaired) electrons. The van der Waals surface area contributed by atoms with Crippen LogP contribution in [0.4, 0.5) is 0 Å². The molecule has 1 aliphatic heterocycles. The topological polar surface area (TPSA) is 109 Å². The molecular formula is C29H40N2O6. The van der Waals surface area contributed by atoms with Crippen molar-refractivity contribution in [2.24, 2.45) is 33.7 Å². The number of nitrogens with zero attached hydrogens (tertiary/aromatic N) is 2. The summed E-state index contributed by atoms with van der Waals surface area (Å²) in [5.74, 6) is 3.45. The summed E-state index contributed by atoms with van der Waals surface area (Å²) >= 11 is 0. The second kappa shape index (κ2) is 9.43. The molecule has 0 aromatic rings. The number of rotatable bonds is 4. The van der Waals surface area contributed by atoms with E-state index in [1.807, 2.05) is 0 Å². The van der Waals surface area contributed by atoms with Crippen molar-refractivity contribution in [2.75, 3.05) is 20.3 Å². The van der Waals surface area contributed by atoms with E-state index in [1.165, 1.54) is 17.6 Å². The van der Waals surface area contributed by atoms with Crippen LogP contribution in [-0.2, 0) is 19.2 Å². The third-order valence-corrected chi connectivity index (χ3v) is 10.8. The third kappa shape index (κ3) is 4.10. The minimum Gasteiger partial charge on any atom is -0.467 e. The average Bonchev–Trinajstić information content (AvgIpc) is 3.41. The van der Waals surface area contributed by atoms with Gasteiger partial charge in [0, 0.05) is 18.4 Å². The van der Waals surface area contributed by atoms with Gasteiger partial charge in [-0.1, -0.05) is 30.5 Å². The van der Waals surface area contributed by atoms with Gasteiger partial charge < -0.3 is 24.7 Å². The number of carbonyl (C=O) groups is 2. The molecule has 0 spiro atoms. The fraction of sp³-hybridized carbons (Fsp3) is 0.759. The Balaban J connectivity index is 1.24. The molecular weight excluding hydrogens is 472 g/mol. The molecule has 0 aromatic heterocycles. The minimum absolute atomic E-state index is 0.0856. The highest BCUT2D eigenvalue weighted by atomic mass is 16.6. The van der Waals surface area contributed by atoms with Gasteiger partial charge in [-0.3, -0.25) is 4.79 Å². The van der Waals surface area contributed by atoms with Gasteiger partial charge in [0.2, 0.25) is 0 Å². The van der Waals surface area contributed by atoms with Gasteiger partial charge in [-0.25, -0.2) is 4.79 Å². The van der Waals surface area contributed by atoms with Gasteiger partial charge in [0.1, 0.15) is 11.6 Å². The lowest BCUT2D eigenvalue weighted by Crippen LogP contribution is -2.54. The molecule has 37 heavy (non-hydrogen) atoms. The molecule has 0 bridgehead atoms. The Kier molecular flexibility index (Phi) is 6.69. The first kappa shape index (κ1) is 26.2. The van der Waals surface area contributed by atoms with Crippen molar-refractivity contribution in [3.05, 3.63) is 11.6 Å². The summed E-state index contributed by atoms with van der Waals surface area (Å²) < 4.78 is 4.76. The molecule has 1 heterocycles. The zero-order chi connectivity index (χ0) is 26.6. The van der Waals surface area contributed by atoms with Crippen LogP contribution in [0.1, 0.15) is 71.6 Å². The lowest BCUT2D eigenvalue weighted by Gasteiger charge is -2.58. The zero-order valence-corrected chi connectivity index (χ0v) is 22.2. The number of hydrogen-bond acceptors (Lipinski definition) is 7. The van der Waals surface area contributed by atoms with Crippen LogP contribution in [0.2, 0.25) is 0 Å². The van der Waals surface area contributed by atoms with E-state index < -0.39 is 23.7 Å². The smallest absolute Gasteiger partial charge is 0.328 e. The highest BCUT2D eigenvalue weighted by Gasteiger charge is 2.63. The van der Waals surface area contributed by atoms with Crippen molar-refractivity contribution in [3.63, 3.8) is 0 Å². The van der Waals surface area contributed by atoms with Crippen molar-refractivity contribution < 1.29 is 29.4 Å². The quantitative estimate of drug-likeness (QED) is 0.341. The molecule has 8 nitrogen and oxygen atoms in total. The minimum atomic E-state index is -0.981. The van der Waals surface area contributed by atoms with E-state index in [4.69, 9.17) is 16.0 Å². The van der Waals surface area contributed by atoms with Crippen LogP contribution in [0.25, 0.3) is 0 Å². The highest BCUT2D eigenvalue weighted by molar-refractivity contribution is 5.96. The van der Waals surface area contributed by atoms with Gasteiger partial charge in [-0.15, -0.1) is 6.42 Å². The van der Waals surface area contributed by atoms with Crippen molar-refractivity contribution in [1.82, 2.24) is 4.90 Å². The number of aliphatic hydroxyl groups excluding tert-OH is 1. The molecule has 5 aliphatic rings. The van der Waals surface area contributed by atoms with Crippen LogP contribution in [0.5, 0.6) is 0 Å². The Morgan fingerprint density at radius 3 is 2.68 bits per heavy atom. The second-order valence-electron chi connectivity index (χ2n) is 12.3. The summed E-state index contributed by atoms with van der Waals surface area (Å²) in [4.78, 5) is 31.4. The summed E-state index contributed by atoms with van der Waals surface area (Å²) in [6.07, 6.45) is 15.0. The summed E-state index contributed by atoms with van der Waals surface area (Å²) in [7, 11) is 1.27. The summed E-state index contributed by atoms with van der Waals surface area (Å²) in [6.45, 7) is 4.41. The van der Waals surface area contributed by atoms with E-state index in [1.54, 1.807) is 0 Å². The number of esters is 1. The monoisotopic (exact) mass is 512 g/mol. The predicted octanol–water partition coefficient (Wildman–Crippen LogP) is 2.82. The first-order valence-corrected chi connectivity index (χ1v) is 13.7. The molecule has 8 heteroatoms. The normalized spacial score (nSPS) is 43.8. The Labute approximate surface area is 219 Å². The fourth-order valence-corrected chi connectivity index (χ4v) is 8.60. The van der Waals surface area contributed by atoms with Gasteiger partial charge in [0.25, 0.3) is 5.91 Å². The van der Waals surface area contributed by atoms with E-state index in [9.17, 15) is 19.8 Å². The first-order valence-electron chi connectivity index (χ1n) is 13.7. The lowest BCUT2D eigenvalue weighted by atomic mass is 9.46. The number of amides is 1. The number of hydrogen-bond donors (Lipinski definition) is 2. The van der Waals surface area contributed by atoms with Crippen LogP contribution in [-0.4, -0.2) is 70.7 Å². The summed E-state index contributed by atoms with van der Waals surface area (Å²) in [5, 5.41) is 25.4. The van der Waals surface area contributed by atoms with Crippen molar-refractivity contribution >= 4 is 17.6 Å². The molecule has 0 aromatic carbocycles. The average molecular weight is 513 g/mol. The maximum absolute atomic E-state index is 12.7. The number of allylic oxidation sites excluding steroid dienone is 2. The van der Waals surface area contributed by atoms with Crippen LogP contribution < -0.4 is 0 Å². The molecule has 4 fully saturated rings. The fourth-order valence-electron chi connectivity index (χ4n) is 8.60. The van der Waals surface area contributed by atoms with Crippen LogP contribution in [0, 0.1) is 40.9 Å². The zero-order valence-electron chi connectivity index (χ0n) is 22.2. The van der Waals surface area contributed by atoms with E-state index >= 15 is 0 Å². The van der Waals surface area contributed by atoms with Gasteiger partial charge in [-0.05, 0) is 80.6 Å². The number of aliphatic hydroxyl groups is 2. The van der Waals surface area contributed by atoms with Crippen molar-refractivity contribution in [3.8, 4) is 12.3 Å². The van der Waals surface area contributed by atoms with Gasteiger partial charge in [0.05, 0.1) is 18.9 Å². The van der Waals surface area contributed by atoms with Gasteiger partial charge in [-0.2, -0.15) is 0 Å². The van der Waals surface area contributed by atoms with Crippen LogP contribution in [0.3, 0.4) is 0 Å². The lowest BCUT2D eigenvalue weighted by molar-refractivity contribution is -0.152. The van der Waals surface area contributed by atoms with Gasteiger partial charge in [0.15, 0.2) is 6.61 Å². The third-order valence-electron chi connectivity index (χ3n) is 10.8. The largest absolute Gasteiger partial charge is 0.467 e. The number of oxime groups is 1. The number of methoxy groups -OCH3 is 1. The maximum Gasteiger partial charge on any atom is 0.328 e. The molecule has 1 amide bonds. The van der Waals surface area contributed by atoms with E-state index in [0.29, 0.717) is 24.2 Å². The number of carbonyl (C=O) groups excluding carboxylic acids is 2. The summed E-state index contributed by atoms with van der Waals surface area (Å²) in [5.41, 5.74) is 1.18. The Morgan fingerprint density at radius 2 is 1.95 bits per heavy atom. The number of ether oxygens (including phenoxy) is 1. The molecule has 5 rings (SSSR count). The molecule has 2 N–H and O–H groups in total. The van der Waals surface area contributed by atoms with E-state index in [0.717, 1.165) is 50.7 Å². The summed E-state index contributed by atoms with van der Waals surface area (Å²) in [6, 6.07) is -0.787. The van der Waals surface area contributed by atoms with Crippen LogP contribution in [0.15, 0.2) is 16.8 Å². The molecule has 8 unspecified atom stereocenters. The predicted molar refractivity (Wildman–Crippen MR) is 137 cm³/mol. The second-order valence-corrected chi connectivity index (χ2v) is 12.3. The molecule has 8 atom stereocenters. The van der Waals surface area contributed by atoms with E-state index in [-0.39, 0.29) is 36.3 Å². The Hall–Kier alpha value is -2.37. The van der Waals surface area contributed by atoms with Crippen molar-refractivity contribution in [1.29, 1.82) is 0 Å². The van der Waals surface area contributed by atoms with E-state index in [2.05, 4.69) is 31.0 Å². The Bertz CT molecular complexity index is 1060. The SMILES string of the molecule is C#CC1(O)CCC2C3CCC4=CC(=NOCC(=O)N5CC(O)CC5C(=O)OC)CCC4(C)C3CCC21C. The molecule has 3 saturated carbocycles. The number of β-amino-alcohol motifs (C(OH)–C–C–N with tert-alkyl or cyclic N) is 1. The van der Waals surface area contributed by atoms with Gasteiger partial charge >= 0.3 is 5.97 Å². The van der Waals surface area contributed by atoms with Crippen molar-refractivity contribution in [2.45, 2.75) is 89.4 Å². The Morgan fingerprint density at radius 1 is 1.19 bits per heavy atom. The molecule has 1 saturated heterocycles. The van der Waals surface area contributed by atoms with Crippen LogP contribution >= 0.6 is 0 Å². The number of fused-ring (bicyclic) bond motifs is 5. The number of terminal acetylenes is 1. The highest BCUT2D eigenvalue weighted by Crippen LogP contribution is 2.67.